The lowest BCUT2D eigenvalue weighted by Crippen LogP contribution is -2.31. The van der Waals surface area contributed by atoms with Crippen LogP contribution in [-0.4, -0.2) is 9.13 Å². The predicted molar refractivity (Wildman–Crippen MR) is 147 cm³/mol. The molecule has 2 heterocycles. The summed E-state index contributed by atoms with van der Waals surface area (Å²) in [6, 6.07) is 26.5. The summed E-state index contributed by atoms with van der Waals surface area (Å²) in [7, 11) is 0. The van der Waals surface area contributed by atoms with Gasteiger partial charge in [0.05, 0.1) is 17.1 Å². The summed E-state index contributed by atoms with van der Waals surface area (Å²) in [4.78, 5) is 0. The van der Waals surface area contributed by atoms with Gasteiger partial charge in [0.1, 0.15) is 0 Å². The molecule has 0 spiro atoms. The van der Waals surface area contributed by atoms with Crippen LogP contribution in [-0.2, 0) is 0 Å². The zero-order chi connectivity index (χ0) is 23.1. The van der Waals surface area contributed by atoms with E-state index in [9.17, 15) is 0 Å². The average molecular weight is 441 g/mol. The second-order valence-electron chi connectivity index (χ2n) is 8.98. The summed E-state index contributed by atoms with van der Waals surface area (Å²) in [5.74, 6) is 0. The van der Waals surface area contributed by atoms with Crippen molar-refractivity contribution in [1.29, 1.82) is 0 Å². The molecule has 1 atom stereocenters. The van der Waals surface area contributed by atoms with Gasteiger partial charge in [-0.2, -0.15) is 0 Å². The molecule has 0 bridgehead atoms. The minimum absolute atomic E-state index is 0.270. The Balaban J connectivity index is 1.63. The Hall–Kier alpha value is -4.04. The smallest absolute Gasteiger partial charge is 0.0542 e. The highest BCUT2D eigenvalue weighted by atomic mass is 15.0. The standard InChI is InChI=1S/C32H28N2/c1-3-12-25-26-16-5-8-19-30(26)33(29(25)13-4-2)23-14-11-15-24(22-23)34-31-20-9-6-17-27(31)28-18-7-10-21-32(28)34/h3-10,12-13,16-23H,1-2,11,14-15H2/b25-12-,29-13+. The van der Waals surface area contributed by atoms with Crippen LogP contribution in [0.3, 0.4) is 0 Å². The van der Waals surface area contributed by atoms with Gasteiger partial charge in [-0.25, -0.2) is 0 Å². The van der Waals surface area contributed by atoms with Gasteiger partial charge in [-0.3, -0.25) is 0 Å². The normalized spacial score (nSPS) is 17.5. The van der Waals surface area contributed by atoms with Crippen molar-refractivity contribution in [3.8, 4) is 0 Å². The molecular weight excluding hydrogens is 412 g/mol. The lowest BCUT2D eigenvalue weighted by atomic mass is 9.99. The van der Waals surface area contributed by atoms with E-state index in [0.29, 0.717) is 0 Å². The van der Waals surface area contributed by atoms with Gasteiger partial charge in [0.2, 0.25) is 0 Å². The molecule has 166 valence electrons. The molecule has 5 aromatic rings. The summed E-state index contributed by atoms with van der Waals surface area (Å²) in [6.45, 7) is 7.98. The fourth-order valence-corrected chi connectivity index (χ4v) is 5.74. The number of hydrogen-bond acceptors (Lipinski definition) is 0. The zero-order valence-corrected chi connectivity index (χ0v) is 19.3. The molecule has 0 aliphatic heterocycles. The SMILES string of the molecule is C=C/C=c1\c(=C/C=C)n(C2C=C(n3c4ccccc4c4ccccc43)CCC2)c2ccccc12. The topological polar surface area (TPSA) is 9.86 Å². The van der Waals surface area contributed by atoms with Gasteiger partial charge < -0.3 is 9.13 Å². The number of rotatable bonds is 4. The van der Waals surface area contributed by atoms with E-state index in [4.69, 9.17) is 0 Å². The van der Waals surface area contributed by atoms with Crippen molar-refractivity contribution < 1.29 is 0 Å². The van der Waals surface area contributed by atoms with Crippen LogP contribution < -0.4 is 10.6 Å². The number of aromatic nitrogens is 2. The zero-order valence-electron chi connectivity index (χ0n) is 19.3. The monoisotopic (exact) mass is 440 g/mol. The van der Waals surface area contributed by atoms with Crippen molar-refractivity contribution in [2.24, 2.45) is 0 Å². The maximum Gasteiger partial charge on any atom is 0.0542 e. The predicted octanol–water partition coefficient (Wildman–Crippen LogP) is 6.95. The second-order valence-corrected chi connectivity index (χ2v) is 8.98. The molecule has 0 saturated carbocycles. The van der Waals surface area contributed by atoms with Crippen LogP contribution in [0, 0.1) is 0 Å². The molecule has 0 radical (unpaired) electrons. The van der Waals surface area contributed by atoms with E-state index in [0.717, 1.165) is 19.3 Å². The van der Waals surface area contributed by atoms with E-state index in [1.165, 1.54) is 49.0 Å². The molecule has 34 heavy (non-hydrogen) atoms. The summed E-state index contributed by atoms with van der Waals surface area (Å²) in [5, 5.41) is 6.30. The Bertz CT molecular complexity index is 1670. The molecule has 2 heteroatoms. The number of para-hydroxylation sites is 3. The molecule has 0 N–H and O–H groups in total. The van der Waals surface area contributed by atoms with Gasteiger partial charge in [-0.05, 0) is 49.6 Å². The fraction of sp³-hybridized carbons (Fsp3) is 0.125. The molecule has 3 aromatic carbocycles. The maximum absolute atomic E-state index is 4.01. The van der Waals surface area contributed by atoms with Crippen molar-refractivity contribution in [2.75, 3.05) is 0 Å². The minimum atomic E-state index is 0.270. The van der Waals surface area contributed by atoms with Gasteiger partial charge in [0, 0.05) is 37.9 Å². The Kier molecular flexibility index (Phi) is 5.07. The third-order valence-corrected chi connectivity index (χ3v) is 7.07. The fourth-order valence-electron chi connectivity index (χ4n) is 5.74. The van der Waals surface area contributed by atoms with Gasteiger partial charge >= 0.3 is 0 Å². The number of hydrogen-bond donors (Lipinski definition) is 0. The third-order valence-electron chi connectivity index (χ3n) is 7.07. The number of allylic oxidation sites excluding steroid dienone is 4. The number of nitrogens with zero attached hydrogens (tertiary/aromatic N) is 2. The first-order valence-electron chi connectivity index (χ1n) is 12.1. The van der Waals surface area contributed by atoms with Crippen molar-refractivity contribution in [3.05, 3.63) is 115 Å². The molecule has 1 aliphatic carbocycles. The van der Waals surface area contributed by atoms with Crippen LogP contribution in [0.15, 0.2) is 104 Å². The van der Waals surface area contributed by atoms with E-state index in [2.05, 4.69) is 113 Å². The summed E-state index contributed by atoms with van der Waals surface area (Å²) < 4.78 is 4.98. The molecule has 0 saturated heterocycles. The van der Waals surface area contributed by atoms with Crippen LogP contribution >= 0.6 is 0 Å². The first-order valence-corrected chi connectivity index (χ1v) is 12.1. The van der Waals surface area contributed by atoms with Gasteiger partial charge in [-0.1, -0.05) is 86.0 Å². The summed E-state index contributed by atoms with van der Waals surface area (Å²) in [6.07, 6.45) is 13.9. The van der Waals surface area contributed by atoms with Crippen LogP contribution in [0.25, 0.3) is 50.6 Å². The van der Waals surface area contributed by atoms with Gasteiger partial charge in [0.25, 0.3) is 0 Å². The van der Waals surface area contributed by atoms with E-state index >= 15 is 0 Å². The van der Waals surface area contributed by atoms with Crippen molar-refractivity contribution >= 4 is 50.6 Å². The Morgan fingerprint density at radius 3 is 1.94 bits per heavy atom. The van der Waals surface area contributed by atoms with E-state index in [-0.39, 0.29) is 6.04 Å². The molecule has 0 amide bonds. The van der Waals surface area contributed by atoms with E-state index in [1.54, 1.807) is 0 Å². The highest BCUT2D eigenvalue weighted by Crippen LogP contribution is 2.37. The van der Waals surface area contributed by atoms with Crippen molar-refractivity contribution in [1.82, 2.24) is 9.13 Å². The minimum Gasteiger partial charge on any atom is -0.333 e. The molecule has 1 aliphatic rings. The average Bonchev–Trinajstić information content (AvgIpc) is 3.38. The maximum atomic E-state index is 4.01. The number of fused-ring (bicyclic) bond motifs is 4. The quantitative estimate of drug-likeness (QED) is 0.286. The first-order chi connectivity index (χ1) is 16.8. The second kappa shape index (κ2) is 8.39. The van der Waals surface area contributed by atoms with Gasteiger partial charge in [-0.15, -0.1) is 0 Å². The first kappa shape index (κ1) is 20.6. The molecule has 2 nitrogen and oxygen atoms in total. The lowest BCUT2D eigenvalue weighted by Gasteiger charge is -2.25. The Morgan fingerprint density at radius 1 is 0.706 bits per heavy atom. The van der Waals surface area contributed by atoms with Crippen molar-refractivity contribution in [2.45, 2.75) is 25.3 Å². The Labute approximate surface area is 199 Å². The van der Waals surface area contributed by atoms with E-state index in [1.807, 2.05) is 12.2 Å². The summed E-state index contributed by atoms with van der Waals surface area (Å²) in [5.41, 5.74) is 5.21. The van der Waals surface area contributed by atoms with Crippen LogP contribution in [0.2, 0.25) is 0 Å². The van der Waals surface area contributed by atoms with Gasteiger partial charge in [0.15, 0.2) is 0 Å². The molecule has 0 fully saturated rings. The highest BCUT2D eigenvalue weighted by molar-refractivity contribution is 6.10. The third kappa shape index (κ3) is 3.10. The highest BCUT2D eigenvalue weighted by Gasteiger charge is 2.22. The lowest BCUT2D eigenvalue weighted by molar-refractivity contribution is 0.522. The molecular formula is C32H28N2. The molecule has 2 aromatic heterocycles. The Morgan fingerprint density at radius 2 is 1.29 bits per heavy atom. The molecule has 6 rings (SSSR count). The van der Waals surface area contributed by atoms with Crippen molar-refractivity contribution in [3.63, 3.8) is 0 Å². The van der Waals surface area contributed by atoms with E-state index < -0.39 is 0 Å². The largest absolute Gasteiger partial charge is 0.333 e. The summed E-state index contributed by atoms with van der Waals surface area (Å²) >= 11 is 0. The van der Waals surface area contributed by atoms with Crippen LogP contribution in [0.1, 0.15) is 25.3 Å². The number of benzene rings is 3. The van der Waals surface area contributed by atoms with Crippen LogP contribution in [0.4, 0.5) is 0 Å². The molecule has 1 unspecified atom stereocenters. The van der Waals surface area contributed by atoms with Crippen LogP contribution in [0.5, 0.6) is 0 Å².